The molecule has 8 heteroatoms. The van der Waals surface area contributed by atoms with Gasteiger partial charge in [-0.1, -0.05) is 23.7 Å². The third kappa shape index (κ3) is 3.98. The average molecular weight is 388 g/mol. The van der Waals surface area contributed by atoms with E-state index in [2.05, 4.69) is 15.5 Å². The zero-order valence-corrected chi connectivity index (χ0v) is 15.8. The molecule has 1 aromatic heterocycles. The minimum absolute atomic E-state index is 0.314. The first kappa shape index (κ1) is 18.6. The lowest BCUT2D eigenvalue weighted by molar-refractivity contribution is 0.102. The Morgan fingerprint density at radius 2 is 1.63 bits per heavy atom. The molecule has 0 unspecified atom stereocenters. The first-order valence-electron chi connectivity index (χ1n) is 7.98. The molecular formula is C19H18ClN3O4. The van der Waals surface area contributed by atoms with Gasteiger partial charge in [0.25, 0.3) is 5.91 Å². The highest BCUT2D eigenvalue weighted by Gasteiger charge is 2.16. The number of benzene rings is 2. The van der Waals surface area contributed by atoms with Crippen molar-refractivity contribution < 1.29 is 19.0 Å². The van der Waals surface area contributed by atoms with Crippen LogP contribution in [0.5, 0.6) is 17.2 Å². The maximum atomic E-state index is 12.6. The summed E-state index contributed by atoms with van der Waals surface area (Å²) in [4.78, 5) is 12.6. The standard InChI is InChI=1S/C19H18ClN3O4/c1-25-16-8-13(9-17(26-2)18(16)27-3)21-19(24)15-10-14(22-23-15)11-4-6-12(20)7-5-11/h4-10H,1-3H3,(H,21,24)(H,22,23). The number of carbonyl (C=O) groups is 1. The summed E-state index contributed by atoms with van der Waals surface area (Å²) in [6.45, 7) is 0. The van der Waals surface area contributed by atoms with Gasteiger partial charge in [-0.2, -0.15) is 5.10 Å². The Bertz CT molecular complexity index is 929. The third-order valence-electron chi connectivity index (χ3n) is 3.89. The SMILES string of the molecule is COc1cc(NC(=O)c2cc(-c3ccc(Cl)cc3)n[nH]2)cc(OC)c1OC. The normalized spacial score (nSPS) is 10.4. The predicted molar refractivity (Wildman–Crippen MR) is 103 cm³/mol. The van der Waals surface area contributed by atoms with E-state index >= 15 is 0 Å². The summed E-state index contributed by atoms with van der Waals surface area (Å²) in [6.07, 6.45) is 0. The first-order chi connectivity index (χ1) is 13.0. The molecule has 0 spiro atoms. The molecule has 0 saturated carbocycles. The number of hydrogen-bond acceptors (Lipinski definition) is 5. The number of ether oxygens (including phenoxy) is 3. The van der Waals surface area contributed by atoms with E-state index in [9.17, 15) is 4.79 Å². The van der Waals surface area contributed by atoms with Crippen molar-refractivity contribution in [2.45, 2.75) is 0 Å². The summed E-state index contributed by atoms with van der Waals surface area (Å²) >= 11 is 5.89. The van der Waals surface area contributed by atoms with Gasteiger partial charge in [0.1, 0.15) is 5.69 Å². The van der Waals surface area contributed by atoms with Crippen molar-refractivity contribution >= 4 is 23.2 Å². The number of H-pyrrole nitrogens is 1. The number of halogens is 1. The molecule has 0 aliphatic heterocycles. The van der Waals surface area contributed by atoms with Gasteiger partial charge in [0, 0.05) is 28.4 Å². The molecule has 7 nitrogen and oxygen atoms in total. The van der Waals surface area contributed by atoms with Gasteiger partial charge in [-0.3, -0.25) is 9.89 Å². The number of anilines is 1. The second kappa shape index (κ2) is 8.01. The molecule has 3 rings (SSSR count). The number of aromatic nitrogens is 2. The molecule has 0 aliphatic rings. The van der Waals surface area contributed by atoms with Gasteiger partial charge < -0.3 is 19.5 Å². The molecule has 27 heavy (non-hydrogen) atoms. The number of aromatic amines is 1. The molecule has 2 aromatic carbocycles. The van der Waals surface area contributed by atoms with Crippen molar-refractivity contribution in [3.63, 3.8) is 0 Å². The molecule has 2 N–H and O–H groups in total. The number of carbonyl (C=O) groups excluding carboxylic acids is 1. The van der Waals surface area contributed by atoms with Gasteiger partial charge in [0.15, 0.2) is 11.5 Å². The van der Waals surface area contributed by atoms with Crippen LogP contribution in [-0.4, -0.2) is 37.4 Å². The number of amides is 1. The number of rotatable bonds is 6. The number of methoxy groups -OCH3 is 3. The minimum Gasteiger partial charge on any atom is -0.493 e. The van der Waals surface area contributed by atoms with E-state index in [1.165, 1.54) is 21.3 Å². The van der Waals surface area contributed by atoms with Crippen LogP contribution in [0.4, 0.5) is 5.69 Å². The van der Waals surface area contributed by atoms with Crippen LogP contribution in [0.2, 0.25) is 5.02 Å². The van der Waals surface area contributed by atoms with E-state index in [1.807, 2.05) is 12.1 Å². The zero-order valence-electron chi connectivity index (χ0n) is 15.0. The van der Waals surface area contributed by atoms with Crippen molar-refractivity contribution in [1.82, 2.24) is 10.2 Å². The van der Waals surface area contributed by atoms with Gasteiger partial charge in [-0.15, -0.1) is 0 Å². The summed E-state index contributed by atoms with van der Waals surface area (Å²) in [5.41, 5.74) is 2.30. The molecule has 140 valence electrons. The van der Waals surface area contributed by atoms with E-state index in [-0.39, 0.29) is 5.91 Å². The molecule has 0 bridgehead atoms. The second-order valence-electron chi connectivity index (χ2n) is 5.54. The highest BCUT2D eigenvalue weighted by atomic mass is 35.5. The van der Waals surface area contributed by atoms with E-state index in [4.69, 9.17) is 25.8 Å². The lowest BCUT2D eigenvalue weighted by atomic mass is 10.1. The molecule has 1 heterocycles. The molecule has 0 atom stereocenters. The Morgan fingerprint density at radius 3 is 2.19 bits per heavy atom. The van der Waals surface area contributed by atoms with Gasteiger partial charge >= 0.3 is 0 Å². The van der Waals surface area contributed by atoms with Crippen molar-refractivity contribution in [3.05, 3.63) is 53.2 Å². The lowest BCUT2D eigenvalue weighted by Crippen LogP contribution is -2.12. The van der Waals surface area contributed by atoms with Gasteiger partial charge in [0.2, 0.25) is 5.75 Å². The fourth-order valence-electron chi connectivity index (χ4n) is 2.56. The molecule has 0 radical (unpaired) electrons. The summed E-state index contributed by atoms with van der Waals surface area (Å²) in [5.74, 6) is 0.985. The van der Waals surface area contributed by atoms with Crippen molar-refractivity contribution in [2.75, 3.05) is 26.6 Å². The Balaban J connectivity index is 1.82. The van der Waals surface area contributed by atoms with E-state index in [0.717, 1.165) is 5.56 Å². The zero-order chi connectivity index (χ0) is 19.4. The monoisotopic (exact) mass is 387 g/mol. The quantitative estimate of drug-likeness (QED) is 0.667. The molecule has 0 aliphatic carbocycles. The third-order valence-corrected chi connectivity index (χ3v) is 4.14. The van der Waals surface area contributed by atoms with Crippen LogP contribution in [0.1, 0.15) is 10.5 Å². The van der Waals surface area contributed by atoms with Crippen LogP contribution in [0.25, 0.3) is 11.3 Å². The van der Waals surface area contributed by atoms with Crippen molar-refractivity contribution in [1.29, 1.82) is 0 Å². The molecule has 0 fully saturated rings. The van der Waals surface area contributed by atoms with Crippen LogP contribution >= 0.6 is 11.6 Å². The Morgan fingerprint density at radius 1 is 1.00 bits per heavy atom. The van der Waals surface area contributed by atoms with Gasteiger partial charge in [-0.05, 0) is 18.2 Å². The van der Waals surface area contributed by atoms with Crippen LogP contribution in [0.3, 0.4) is 0 Å². The fourth-order valence-corrected chi connectivity index (χ4v) is 2.68. The number of nitrogens with one attached hydrogen (secondary N) is 2. The maximum absolute atomic E-state index is 12.6. The van der Waals surface area contributed by atoms with Gasteiger partial charge in [0.05, 0.1) is 27.0 Å². The van der Waals surface area contributed by atoms with Crippen molar-refractivity contribution in [3.8, 4) is 28.5 Å². The number of hydrogen-bond donors (Lipinski definition) is 2. The van der Waals surface area contributed by atoms with E-state index < -0.39 is 0 Å². The van der Waals surface area contributed by atoms with Crippen LogP contribution in [0, 0.1) is 0 Å². The Kier molecular flexibility index (Phi) is 5.52. The molecule has 1 amide bonds. The lowest BCUT2D eigenvalue weighted by Gasteiger charge is -2.14. The summed E-state index contributed by atoms with van der Waals surface area (Å²) < 4.78 is 15.9. The summed E-state index contributed by atoms with van der Waals surface area (Å²) in [6, 6.07) is 12.2. The Hall–Kier alpha value is -3.19. The average Bonchev–Trinajstić information content (AvgIpc) is 3.18. The molecule has 3 aromatic rings. The van der Waals surface area contributed by atoms with Gasteiger partial charge in [-0.25, -0.2) is 0 Å². The summed E-state index contributed by atoms with van der Waals surface area (Å²) in [7, 11) is 4.54. The predicted octanol–water partition coefficient (Wildman–Crippen LogP) is 4.01. The van der Waals surface area contributed by atoms with E-state index in [1.54, 1.807) is 30.3 Å². The fraction of sp³-hybridized carbons (Fsp3) is 0.158. The van der Waals surface area contributed by atoms with Crippen molar-refractivity contribution in [2.24, 2.45) is 0 Å². The summed E-state index contributed by atoms with van der Waals surface area (Å²) in [5, 5.41) is 10.3. The smallest absolute Gasteiger partial charge is 0.273 e. The molecule has 0 saturated heterocycles. The highest BCUT2D eigenvalue weighted by molar-refractivity contribution is 6.30. The van der Waals surface area contributed by atoms with Crippen LogP contribution in [0.15, 0.2) is 42.5 Å². The Labute approximate surface area is 161 Å². The molecular weight excluding hydrogens is 370 g/mol. The minimum atomic E-state index is -0.350. The largest absolute Gasteiger partial charge is 0.493 e. The topological polar surface area (TPSA) is 85.5 Å². The first-order valence-corrected chi connectivity index (χ1v) is 8.36. The highest BCUT2D eigenvalue weighted by Crippen LogP contribution is 2.40. The number of nitrogens with zero attached hydrogens (tertiary/aromatic N) is 1. The van der Waals surface area contributed by atoms with Crippen LogP contribution in [-0.2, 0) is 0 Å². The maximum Gasteiger partial charge on any atom is 0.273 e. The van der Waals surface area contributed by atoms with E-state index in [0.29, 0.717) is 39.3 Å². The van der Waals surface area contributed by atoms with Crippen LogP contribution < -0.4 is 19.5 Å². The second-order valence-corrected chi connectivity index (χ2v) is 5.98.